The van der Waals surface area contributed by atoms with Gasteiger partial charge in [-0.3, -0.25) is 9.78 Å². The van der Waals surface area contributed by atoms with Crippen LogP contribution in [-0.2, 0) is 13.0 Å². The predicted molar refractivity (Wildman–Crippen MR) is 128 cm³/mol. The number of nitrogens with zero attached hydrogens (tertiary/aromatic N) is 5. The molecule has 4 rings (SSSR count). The van der Waals surface area contributed by atoms with Gasteiger partial charge >= 0.3 is 0 Å². The summed E-state index contributed by atoms with van der Waals surface area (Å²) >= 11 is 6.62. The molecule has 0 spiro atoms. The second-order valence-electron chi connectivity index (χ2n) is 7.58. The Kier molecular flexibility index (Phi) is 6.15. The number of carbonyl (C=O) groups excluding carboxylic acids is 1. The maximum atomic E-state index is 12.1. The summed E-state index contributed by atoms with van der Waals surface area (Å²) in [5, 5.41) is 8.55. The zero-order valence-electron chi connectivity index (χ0n) is 18.8. The maximum absolute atomic E-state index is 12.1. The molecular weight excluding hydrogens is 442 g/mol. The molecule has 9 nitrogen and oxygen atoms in total. The molecule has 3 N–H and O–H groups in total. The second kappa shape index (κ2) is 9.03. The Bertz CT molecular complexity index is 1370. The first-order valence-corrected chi connectivity index (χ1v) is 10.7. The van der Waals surface area contributed by atoms with Crippen LogP contribution in [0.1, 0.15) is 27.3 Å². The van der Waals surface area contributed by atoms with Gasteiger partial charge in [-0.2, -0.15) is 5.10 Å². The molecule has 33 heavy (non-hydrogen) atoms. The largest absolute Gasteiger partial charge is 0.496 e. The van der Waals surface area contributed by atoms with E-state index in [0.29, 0.717) is 40.9 Å². The number of fused-ring (bicyclic) bond motifs is 1. The number of methoxy groups -OCH3 is 1. The van der Waals surface area contributed by atoms with Gasteiger partial charge in [-0.1, -0.05) is 11.6 Å². The first-order chi connectivity index (χ1) is 15.8. The number of nitrogen functional groups attached to an aromatic ring is 1. The molecule has 4 aromatic rings. The zero-order valence-corrected chi connectivity index (χ0v) is 19.6. The average Bonchev–Trinajstić information content (AvgIpc) is 3.15. The van der Waals surface area contributed by atoms with Crippen LogP contribution in [0.4, 0.5) is 5.82 Å². The topological polar surface area (TPSA) is 121 Å². The van der Waals surface area contributed by atoms with Crippen LogP contribution >= 0.6 is 11.6 Å². The van der Waals surface area contributed by atoms with Crippen molar-refractivity contribution in [1.29, 1.82) is 0 Å². The Balaban J connectivity index is 1.76. The summed E-state index contributed by atoms with van der Waals surface area (Å²) in [5.74, 6) is 0.831. The van der Waals surface area contributed by atoms with Gasteiger partial charge in [0.05, 0.1) is 18.2 Å². The minimum Gasteiger partial charge on any atom is -0.496 e. The number of amides is 1. The zero-order chi connectivity index (χ0) is 23.7. The molecular formula is C23H24ClN7O2. The summed E-state index contributed by atoms with van der Waals surface area (Å²) in [4.78, 5) is 24.7. The van der Waals surface area contributed by atoms with E-state index < -0.39 is 0 Å². The molecule has 1 aromatic carbocycles. The highest BCUT2D eigenvalue weighted by molar-refractivity contribution is 6.32. The number of nitrogens with one attached hydrogen (secondary N) is 1. The molecule has 0 radical (unpaired) electrons. The third-order valence-electron chi connectivity index (χ3n) is 5.59. The molecule has 10 heteroatoms. The van der Waals surface area contributed by atoms with Gasteiger partial charge in [-0.25, -0.2) is 14.6 Å². The highest BCUT2D eigenvalue weighted by Gasteiger charge is 2.20. The van der Waals surface area contributed by atoms with Crippen molar-refractivity contribution < 1.29 is 9.53 Å². The molecule has 3 heterocycles. The van der Waals surface area contributed by atoms with Gasteiger partial charge in [0.2, 0.25) is 0 Å². The maximum Gasteiger partial charge on any atom is 0.269 e. The number of ether oxygens (including phenoxy) is 1. The summed E-state index contributed by atoms with van der Waals surface area (Å²) in [6.07, 6.45) is 3.62. The molecule has 0 saturated heterocycles. The number of halogens is 1. The fraction of sp³-hybridized carbons (Fsp3) is 0.261. The van der Waals surface area contributed by atoms with E-state index in [2.05, 4.69) is 25.4 Å². The fourth-order valence-corrected chi connectivity index (χ4v) is 4.20. The monoisotopic (exact) mass is 465 g/mol. The number of aromatic nitrogens is 5. The van der Waals surface area contributed by atoms with Crippen molar-refractivity contribution >= 4 is 34.4 Å². The van der Waals surface area contributed by atoms with Gasteiger partial charge in [0.25, 0.3) is 5.91 Å². The van der Waals surface area contributed by atoms with Crippen molar-refractivity contribution in [2.45, 2.75) is 26.8 Å². The Morgan fingerprint density at radius 2 is 2.03 bits per heavy atom. The second-order valence-corrected chi connectivity index (χ2v) is 7.98. The minimum absolute atomic E-state index is 0.266. The molecule has 0 aliphatic carbocycles. The summed E-state index contributed by atoms with van der Waals surface area (Å²) < 4.78 is 7.65. The standard InChI is InChI=1S/C23H24ClN7O2/c1-12-16(24)9-15(6-8-31-22-19(13(2)30-31)21(25)28-11-29-22)20(33-4)18(12)14-5-7-27-17(10-14)23(32)26-3/h5,7,9-11H,6,8H2,1-4H3,(H,26,32)(H2,25,28,29). The SMILES string of the molecule is CNC(=O)c1cc(-c2c(C)c(Cl)cc(CCn3nc(C)c4c(N)ncnc43)c2OC)ccn1. The molecule has 0 saturated carbocycles. The van der Waals surface area contributed by atoms with Crippen LogP contribution in [0.5, 0.6) is 5.75 Å². The van der Waals surface area contributed by atoms with E-state index >= 15 is 0 Å². The third kappa shape index (κ3) is 4.07. The first-order valence-electron chi connectivity index (χ1n) is 10.3. The number of rotatable bonds is 6. The molecule has 0 fully saturated rings. The summed E-state index contributed by atoms with van der Waals surface area (Å²) in [6, 6.07) is 5.47. The quantitative estimate of drug-likeness (QED) is 0.447. The Morgan fingerprint density at radius 3 is 2.76 bits per heavy atom. The Labute approximate surface area is 196 Å². The number of hydrogen-bond donors (Lipinski definition) is 2. The summed E-state index contributed by atoms with van der Waals surface area (Å²) in [7, 11) is 3.19. The minimum atomic E-state index is -0.266. The number of nitrogens with two attached hydrogens (primary N) is 1. The predicted octanol–water partition coefficient (Wildman–Crippen LogP) is 3.35. The van der Waals surface area contributed by atoms with Crippen LogP contribution in [-0.4, -0.2) is 44.8 Å². The van der Waals surface area contributed by atoms with E-state index in [1.807, 2.05) is 30.7 Å². The number of benzene rings is 1. The molecule has 170 valence electrons. The number of aryl methyl sites for hydroxylation is 3. The van der Waals surface area contributed by atoms with Crippen molar-refractivity contribution in [3.63, 3.8) is 0 Å². The van der Waals surface area contributed by atoms with Gasteiger partial charge in [0.15, 0.2) is 5.65 Å². The van der Waals surface area contributed by atoms with Gasteiger partial charge < -0.3 is 15.8 Å². The Morgan fingerprint density at radius 1 is 1.24 bits per heavy atom. The lowest BCUT2D eigenvalue weighted by atomic mass is 9.95. The van der Waals surface area contributed by atoms with E-state index in [-0.39, 0.29) is 5.91 Å². The third-order valence-corrected chi connectivity index (χ3v) is 5.98. The van der Waals surface area contributed by atoms with E-state index in [4.69, 9.17) is 22.1 Å². The van der Waals surface area contributed by atoms with Crippen LogP contribution in [0.2, 0.25) is 5.02 Å². The first kappa shape index (κ1) is 22.5. The highest BCUT2D eigenvalue weighted by atomic mass is 35.5. The fourth-order valence-electron chi connectivity index (χ4n) is 3.97. The summed E-state index contributed by atoms with van der Waals surface area (Å²) in [5.41, 5.74) is 11.2. The molecule has 0 atom stereocenters. The normalized spacial score (nSPS) is 11.1. The van der Waals surface area contributed by atoms with E-state index in [1.165, 1.54) is 6.33 Å². The van der Waals surface area contributed by atoms with Crippen LogP contribution in [0, 0.1) is 13.8 Å². The van der Waals surface area contributed by atoms with Gasteiger partial charge in [-0.15, -0.1) is 0 Å². The number of hydrogen-bond acceptors (Lipinski definition) is 7. The molecule has 0 bridgehead atoms. The number of anilines is 1. The van der Waals surface area contributed by atoms with Crippen LogP contribution < -0.4 is 15.8 Å². The van der Waals surface area contributed by atoms with Crippen molar-refractivity contribution in [2.24, 2.45) is 0 Å². The Hall–Kier alpha value is -3.72. The van der Waals surface area contributed by atoms with Crippen LogP contribution in [0.3, 0.4) is 0 Å². The molecule has 3 aromatic heterocycles. The number of pyridine rings is 1. The van der Waals surface area contributed by atoms with Crippen molar-refractivity contribution in [1.82, 2.24) is 30.0 Å². The van der Waals surface area contributed by atoms with Crippen molar-refractivity contribution in [3.05, 3.63) is 58.3 Å². The van der Waals surface area contributed by atoms with E-state index in [1.54, 1.807) is 26.4 Å². The van der Waals surface area contributed by atoms with Crippen LogP contribution in [0.15, 0.2) is 30.7 Å². The molecule has 0 aliphatic heterocycles. The molecule has 1 amide bonds. The average molecular weight is 466 g/mol. The van der Waals surface area contributed by atoms with Gasteiger partial charge in [0, 0.05) is 30.4 Å². The number of carbonyl (C=O) groups is 1. The van der Waals surface area contributed by atoms with Crippen molar-refractivity contribution in [3.8, 4) is 16.9 Å². The smallest absolute Gasteiger partial charge is 0.269 e. The lowest BCUT2D eigenvalue weighted by molar-refractivity contribution is 0.0958. The van der Waals surface area contributed by atoms with Crippen molar-refractivity contribution in [2.75, 3.05) is 19.9 Å². The lowest BCUT2D eigenvalue weighted by Crippen LogP contribution is -2.19. The highest BCUT2D eigenvalue weighted by Crippen LogP contribution is 2.40. The lowest BCUT2D eigenvalue weighted by Gasteiger charge is -2.18. The van der Waals surface area contributed by atoms with Gasteiger partial charge in [0.1, 0.15) is 23.6 Å². The van der Waals surface area contributed by atoms with Crippen LogP contribution in [0.25, 0.3) is 22.2 Å². The van der Waals surface area contributed by atoms with E-state index in [0.717, 1.165) is 33.3 Å². The molecule has 0 unspecified atom stereocenters. The van der Waals surface area contributed by atoms with Gasteiger partial charge in [-0.05, 0) is 55.2 Å². The summed E-state index contributed by atoms with van der Waals surface area (Å²) in [6.45, 7) is 4.34. The van der Waals surface area contributed by atoms with E-state index in [9.17, 15) is 4.79 Å². The molecule has 0 aliphatic rings.